The number of ether oxygens (including phenoxy) is 1. The molecule has 2 heterocycles. The van der Waals surface area contributed by atoms with Gasteiger partial charge in [-0.1, -0.05) is 12.1 Å². The maximum Gasteiger partial charge on any atom is 0.410 e. The van der Waals surface area contributed by atoms with Crippen LogP contribution in [0.1, 0.15) is 12.0 Å². The van der Waals surface area contributed by atoms with Gasteiger partial charge >= 0.3 is 6.09 Å². The van der Waals surface area contributed by atoms with Crippen LogP contribution in [-0.4, -0.2) is 61.8 Å². The maximum absolute atomic E-state index is 12.9. The number of carbonyl (C=O) groups excluding carboxylic acids is 1. The average Bonchev–Trinajstić information content (AvgIpc) is 3.00. The van der Waals surface area contributed by atoms with E-state index in [1.165, 1.54) is 16.4 Å². The van der Waals surface area contributed by atoms with E-state index in [1.54, 1.807) is 17.0 Å². The third-order valence-corrected chi connectivity index (χ3v) is 5.57. The Morgan fingerprint density at radius 3 is 2.61 bits per heavy atom. The number of rotatable bonds is 5. The van der Waals surface area contributed by atoms with Gasteiger partial charge in [0, 0.05) is 13.1 Å². The molecule has 2 fully saturated rings. The molecule has 0 N–H and O–H groups in total. The van der Waals surface area contributed by atoms with Crippen molar-refractivity contribution in [3.63, 3.8) is 0 Å². The van der Waals surface area contributed by atoms with Crippen LogP contribution in [0.3, 0.4) is 0 Å². The van der Waals surface area contributed by atoms with Crippen LogP contribution >= 0.6 is 0 Å². The minimum Gasteiger partial charge on any atom is -0.442 e. The molecule has 2 aliphatic rings. The number of nitrogens with zero attached hydrogens (tertiary/aromatic N) is 2. The summed E-state index contributed by atoms with van der Waals surface area (Å²) < 4.78 is 42.7. The second-order valence-corrected chi connectivity index (χ2v) is 7.98. The summed E-state index contributed by atoms with van der Waals surface area (Å²) in [4.78, 5) is 13.5. The highest BCUT2D eigenvalue weighted by Gasteiger charge is 2.49. The smallest absolute Gasteiger partial charge is 0.410 e. The minimum absolute atomic E-state index is 0.217. The average molecular weight is 342 g/mol. The molecule has 6 nitrogen and oxygen atoms in total. The summed E-state index contributed by atoms with van der Waals surface area (Å²) in [6, 6.07) is 6.06. The monoisotopic (exact) mass is 342 g/mol. The van der Waals surface area contributed by atoms with Gasteiger partial charge in [0.2, 0.25) is 10.0 Å². The van der Waals surface area contributed by atoms with E-state index < -0.39 is 10.0 Å². The molecule has 0 aliphatic carbocycles. The molecule has 8 heteroatoms. The van der Waals surface area contributed by atoms with Gasteiger partial charge in [-0.25, -0.2) is 17.6 Å². The van der Waals surface area contributed by atoms with Crippen molar-refractivity contribution >= 4 is 16.1 Å². The van der Waals surface area contributed by atoms with Crippen LogP contribution in [0.5, 0.6) is 0 Å². The molecule has 0 bridgehead atoms. The third-order valence-electron chi connectivity index (χ3n) is 4.34. The molecule has 0 spiro atoms. The van der Waals surface area contributed by atoms with Crippen molar-refractivity contribution < 1.29 is 22.3 Å². The second-order valence-electron chi connectivity index (χ2n) is 5.99. The van der Waals surface area contributed by atoms with Crippen LogP contribution in [0.25, 0.3) is 0 Å². The van der Waals surface area contributed by atoms with E-state index in [9.17, 15) is 17.6 Å². The molecular weight excluding hydrogens is 323 g/mol. The molecule has 0 unspecified atom stereocenters. The Bertz CT molecular complexity index is 692. The van der Waals surface area contributed by atoms with E-state index in [0.29, 0.717) is 13.0 Å². The zero-order valence-corrected chi connectivity index (χ0v) is 13.6. The fourth-order valence-electron chi connectivity index (χ4n) is 3.10. The van der Waals surface area contributed by atoms with E-state index >= 15 is 0 Å². The Kier molecular flexibility index (Phi) is 4.29. The predicted octanol–water partition coefficient (Wildman–Crippen LogP) is 1.22. The van der Waals surface area contributed by atoms with Crippen molar-refractivity contribution in [3.05, 3.63) is 35.6 Å². The van der Waals surface area contributed by atoms with E-state index in [-0.39, 0.29) is 37.1 Å². The zero-order chi connectivity index (χ0) is 16.6. The highest BCUT2D eigenvalue weighted by Crippen LogP contribution is 2.28. The maximum atomic E-state index is 12.9. The van der Waals surface area contributed by atoms with Crippen LogP contribution in [0.15, 0.2) is 24.3 Å². The van der Waals surface area contributed by atoms with E-state index in [0.717, 1.165) is 18.2 Å². The van der Waals surface area contributed by atoms with Crippen LogP contribution < -0.4 is 0 Å². The highest BCUT2D eigenvalue weighted by molar-refractivity contribution is 7.88. The molecule has 1 aromatic carbocycles. The van der Waals surface area contributed by atoms with Gasteiger partial charge in [0.25, 0.3) is 0 Å². The number of hydrogen-bond donors (Lipinski definition) is 0. The summed E-state index contributed by atoms with van der Waals surface area (Å²) in [6.45, 7) is 1.00. The molecule has 2 saturated heterocycles. The summed E-state index contributed by atoms with van der Waals surface area (Å²) in [6.07, 6.45) is 1.82. The lowest BCUT2D eigenvalue weighted by Crippen LogP contribution is -2.39. The quantitative estimate of drug-likeness (QED) is 0.807. The molecular formula is C15H19FN2O4S. The first kappa shape index (κ1) is 16.2. The van der Waals surface area contributed by atoms with Gasteiger partial charge in [-0.15, -0.1) is 0 Å². The van der Waals surface area contributed by atoms with Crippen molar-refractivity contribution in [2.45, 2.75) is 25.0 Å². The number of sulfonamides is 1. The molecule has 126 valence electrons. The molecule has 0 saturated carbocycles. The number of aryl methyl sites for hydroxylation is 1. The first-order chi connectivity index (χ1) is 10.8. The van der Waals surface area contributed by atoms with Gasteiger partial charge in [0.1, 0.15) is 11.9 Å². The van der Waals surface area contributed by atoms with Gasteiger partial charge in [0.15, 0.2) is 0 Å². The summed E-state index contributed by atoms with van der Waals surface area (Å²) >= 11 is 0. The number of halogens is 1. The van der Waals surface area contributed by atoms with Crippen LogP contribution in [0.2, 0.25) is 0 Å². The molecule has 1 amide bonds. The summed E-state index contributed by atoms with van der Waals surface area (Å²) in [7, 11) is -3.27. The van der Waals surface area contributed by atoms with Crippen LogP contribution in [0, 0.1) is 5.82 Å². The molecule has 3 rings (SSSR count). The third kappa shape index (κ3) is 3.48. The lowest BCUT2D eigenvalue weighted by atomic mass is 10.1. The summed E-state index contributed by atoms with van der Waals surface area (Å²) in [5.41, 5.74) is 1.000. The molecule has 2 aliphatic heterocycles. The molecule has 0 radical (unpaired) electrons. The Balaban J connectivity index is 1.57. The van der Waals surface area contributed by atoms with Crippen LogP contribution in [0.4, 0.5) is 9.18 Å². The number of carbonyl (C=O) groups is 1. The van der Waals surface area contributed by atoms with Gasteiger partial charge < -0.3 is 9.64 Å². The van der Waals surface area contributed by atoms with Crippen molar-refractivity contribution in [2.24, 2.45) is 0 Å². The SMILES string of the molecule is CS(=O)(=O)N1C[C@H]2OC(=O)N(CCCc3ccc(F)cc3)[C@H]2C1. The van der Waals surface area contributed by atoms with E-state index in [2.05, 4.69) is 0 Å². The van der Waals surface area contributed by atoms with Crippen molar-refractivity contribution in [2.75, 3.05) is 25.9 Å². The predicted molar refractivity (Wildman–Crippen MR) is 81.9 cm³/mol. The minimum atomic E-state index is -3.27. The van der Waals surface area contributed by atoms with Gasteiger partial charge in [0.05, 0.1) is 18.8 Å². The Morgan fingerprint density at radius 2 is 1.96 bits per heavy atom. The van der Waals surface area contributed by atoms with Crippen molar-refractivity contribution in [3.8, 4) is 0 Å². The number of benzene rings is 1. The first-order valence-electron chi connectivity index (χ1n) is 7.51. The van der Waals surface area contributed by atoms with Gasteiger partial charge in [-0.3, -0.25) is 0 Å². The topological polar surface area (TPSA) is 66.9 Å². The van der Waals surface area contributed by atoms with E-state index in [4.69, 9.17) is 4.74 Å². The fourth-order valence-corrected chi connectivity index (χ4v) is 3.94. The number of fused-ring (bicyclic) bond motifs is 1. The Labute approximate surface area is 134 Å². The number of amides is 1. The molecule has 23 heavy (non-hydrogen) atoms. The molecule has 0 aromatic heterocycles. The largest absolute Gasteiger partial charge is 0.442 e. The first-order valence-corrected chi connectivity index (χ1v) is 9.36. The normalized spacial score (nSPS) is 24.8. The molecule has 1 aromatic rings. The lowest BCUT2D eigenvalue weighted by molar-refractivity contribution is 0.129. The zero-order valence-electron chi connectivity index (χ0n) is 12.8. The number of hydrogen-bond acceptors (Lipinski definition) is 4. The van der Waals surface area contributed by atoms with E-state index in [1.807, 2.05) is 0 Å². The van der Waals surface area contributed by atoms with Crippen LogP contribution in [-0.2, 0) is 21.2 Å². The second kappa shape index (κ2) is 6.09. The van der Waals surface area contributed by atoms with Gasteiger partial charge in [-0.2, -0.15) is 4.31 Å². The lowest BCUT2D eigenvalue weighted by Gasteiger charge is -2.21. The highest BCUT2D eigenvalue weighted by atomic mass is 32.2. The van der Waals surface area contributed by atoms with Gasteiger partial charge in [-0.05, 0) is 30.5 Å². The Hall–Kier alpha value is -1.67. The standard InChI is InChI=1S/C15H19FN2O4S/c1-23(20,21)17-9-13-14(10-17)22-15(19)18(13)8-2-3-11-4-6-12(16)7-5-11/h4-7,13-14H,2-3,8-10H2,1H3/t13-,14+/m0/s1. The van der Waals surface area contributed by atoms with Crippen molar-refractivity contribution in [1.29, 1.82) is 0 Å². The Morgan fingerprint density at radius 1 is 1.26 bits per heavy atom. The summed E-state index contributed by atoms with van der Waals surface area (Å²) in [5, 5.41) is 0. The van der Waals surface area contributed by atoms with Crippen molar-refractivity contribution in [1.82, 2.24) is 9.21 Å². The molecule has 2 atom stereocenters. The fraction of sp³-hybridized carbons (Fsp3) is 0.533. The summed E-state index contributed by atoms with van der Waals surface area (Å²) in [5.74, 6) is -0.272.